The molecule has 128 valence electrons. The lowest BCUT2D eigenvalue weighted by atomic mass is 9.96. The number of rotatable bonds is 3. The van der Waals surface area contributed by atoms with Crippen LogP contribution in [-0.4, -0.2) is 43.0 Å². The van der Waals surface area contributed by atoms with Gasteiger partial charge in [0.05, 0.1) is 12.0 Å². The third-order valence-electron chi connectivity index (χ3n) is 4.72. The number of hydrogen-bond donors (Lipinski definition) is 0. The van der Waals surface area contributed by atoms with Crippen molar-refractivity contribution in [1.82, 2.24) is 24.0 Å². The molecule has 0 atom stereocenters. The van der Waals surface area contributed by atoms with Crippen LogP contribution < -0.4 is 5.56 Å². The van der Waals surface area contributed by atoms with Crippen LogP contribution in [0.25, 0.3) is 0 Å². The molecule has 0 spiro atoms. The number of likely N-dealkylation sites (tertiary alicyclic amines) is 1. The highest BCUT2D eigenvalue weighted by Crippen LogP contribution is 2.22. The summed E-state index contributed by atoms with van der Waals surface area (Å²) in [6, 6.07) is 0. The normalized spacial score (nSPS) is 15.7. The number of piperidine rings is 1. The van der Waals surface area contributed by atoms with Gasteiger partial charge in [-0.05, 0) is 51.1 Å². The summed E-state index contributed by atoms with van der Waals surface area (Å²) in [6.45, 7) is 7.54. The van der Waals surface area contributed by atoms with Gasteiger partial charge in [0, 0.05) is 30.9 Å². The quantitative estimate of drug-likeness (QED) is 0.842. The van der Waals surface area contributed by atoms with Crippen LogP contribution >= 0.6 is 11.5 Å². The fourth-order valence-corrected chi connectivity index (χ4v) is 3.60. The molecule has 2 aromatic rings. The highest BCUT2D eigenvalue weighted by molar-refractivity contribution is 7.07. The van der Waals surface area contributed by atoms with Gasteiger partial charge >= 0.3 is 0 Å². The second-order valence-corrected chi connectivity index (χ2v) is 7.09. The average molecular weight is 347 g/mol. The molecule has 1 amide bonds. The molecule has 0 bridgehead atoms. The lowest BCUT2D eigenvalue weighted by molar-refractivity contribution is 0.0686. The molecule has 1 saturated heterocycles. The first kappa shape index (κ1) is 16.8. The molecule has 1 aliphatic rings. The van der Waals surface area contributed by atoms with Crippen LogP contribution in [0.2, 0.25) is 0 Å². The Bertz CT molecular complexity index is 805. The van der Waals surface area contributed by atoms with Gasteiger partial charge in [0.25, 0.3) is 11.5 Å². The van der Waals surface area contributed by atoms with Crippen LogP contribution in [0.3, 0.4) is 0 Å². The minimum absolute atomic E-state index is 0.0194. The molecule has 8 heteroatoms. The van der Waals surface area contributed by atoms with Gasteiger partial charge in [-0.1, -0.05) is 4.49 Å². The fourth-order valence-electron chi connectivity index (χ4n) is 2.97. The predicted octanol–water partition coefficient (Wildman–Crippen LogP) is 1.57. The number of aromatic nitrogens is 4. The zero-order valence-electron chi connectivity index (χ0n) is 14.2. The Balaban J connectivity index is 1.62. The van der Waals surface area contributed by atoms with Gasteiger partial charge < -0.3 is 4.90 Å². The van der Waals surface area contributed by atoms with Gasteiger partial charge in [-0.2, -0.15) is 0 Å². The molecule has 1 fully saturated rings. The van der Waals surface area contributed by atoms with Gasteiger partial charge in [0.2, 0.25) is 0 Å². The molecule has 0 unspecified atom stereocenters. The van der Waals surface area contributed by atoms with Gasteiger partial charge in [-0.3, -0.25) is 14.2 Å². The van der Waals surface area contributed by atoms with E-state index in [0.29, 0.717) is 41.7 Å². The molecule has 0 N–H and O–H groups in total. The number of hydrogen-bond acceptors (Lipinski definition) is 6. The summed E-state index contributed by atoms with van der Waals surface area (Å²) in [5.74, 6) is 0.405. The van der Waals surface area contributed by atoms with Crippen molar-refractivity contribution in [2.75, 3.05) is 13.1 Å². The lowest BCUT2D eigenvalue weighted by Gasteiger charge is -2.32. The predicted molar refractivity (Wildman–Crippen MR) is 91.2 cm³/mol. The summed E-state index contributed by atoms with van der Waals surface area (Å²) >= 11 is 1.15. The Hall–Kier alpha value is -2.09. The Morgan fingerprint density at radius 3 is 2.58 bits per heavy atom. The second kappa shape index (κ2) is 6.80. The zero-order valence-corrected chi connectivity index (χ0v) is 15.0. The van der Waals surface area contributed by atoms with Crippen molar-refractivity contribution in [2.45, 2.75) is 40.2 Å². The maximum Gasteiger partial charge on any atom is 0.267 e. The van der Waals surface area contributed by atoms with Crippen molar-refractivity contribution >= 4 is 17.4 Å². The monoisotopic (exact) mass is 347 g/mol. The van der Waals surface area contributed by atoms with Crippen molar-refractivity contribution in [3.05, 3.63) is 38.5 Å². The van der Waals surface area contributed by atoms with Crippen molar-refractivity contribution in [3.8, 4) is 0 Å². The summed E-state index contributed by atoms with van der Waals surface area (Å²) in [4.78, 5) is 31.5. The smallest absolute Gasteiger partial charge is 0.267 e. The van der Waals surface area contributed by atoms with Crippen molar-refractivity contribution < 1.29 is 4.79 Å². The topological polar surface area (TPSA) is 81.0 Å². The van der Waals surface area contributed by atoms with Crippen LogP contribution in [0.15, 0.2) is 11.1 Å². The number of nitrogens with zero attached hydrogens (tertiary/aromatic N) is 5. The summed E-state index contributed by atoms with van der Waals surface area (Å²) in [5.41, 5.74) is 2.22. The van der Waals surface area contributed by atoms with Crippen molar-refractivity contribution in [2.24, 2.45) is 5.92 Å². The van der Waals surface area contributed by atoms with E-state index in [-0.39, 0.29) is 11.5 Å². The lowest BCUT2D eigenvalue weighted by Crippen LogP contribution is -2.40. The molecule has 7 nitrogen and oxygen atoms in total. The molecule has 0 saturated carbocycles. The first-order chi connectivity index (χ1) is 11.5. The molecular weight excluding hydrogens is 326 g/mol. The minimum Gasteiger partial charge on any atom is -0.338 e. The van der Waals surface area contributed by atoms with Gasteiger partial charge in [-0.15, -0.1) is 5.10 Å². The molecule has 24 heavy (non-hydrogen) atoms. The molecule has 3 heterocycles. The highest BCUT2D eigenvalue weighted by Gasteiger charge is 2.26. The molecule has 0 aromatic carbocycles. The van der Waals surface area contributed by atoms with E-state index in [9.17, 15) is 9.59 Å². The largest absolute Gasteiger partial charge is 0.338 e. The maximum absolute atomic E-state index is 12.5. The maximum atomic E-state index is 12.5. The first-order valence-electron chi connectivity index (χ1n) is 8.08. The number of amides is 1. The third kappa shape index (κ3) is 3.24. The summed E-state index contributed by atoms with van der Waals surface area (Å²) in [5, 5.41) is 3.90. The molecule has 2 aromatic heterocycles. The van der Waals surface area contributed by atoms with Gasteiger partial charge in [-0.25, -0.2) is 4.98 Å². The van der Waals surface area contributed by atoms with E-state index in [2.05, 4.69) is 14.6 Å². The van der Waals surface area contributed by atoms with Gasteiger partial charge in [0.1, 0.15) is 4.88 Å². The Kier molecular flexibility index (Phi) is 4.75. The van der Waals surface area contributed by atoms with Crippen LogP contribution in [0, 0.1) is 26.7 Å². The number of carbonyl (C=O) groups is 1. The molecule has 1 aliphatic heterocycles. The van der Waals surface area contributed by atoms with Crippen molar-refractivity contribution in [1.29, 1.82) is 0 Å². The van der Waals surface area contributed by atoms with E-state index in [4.69, 9.17) is 0 Å². The summed E-state index contributed by atoms with van der Waals surface area (Å²) in [6.07, 6.45) is 3.40. The highest BCUT2D eigenvalue weighted by atomic mass is 32.1. The van der Waals surface area contributed by atoms with Crippen LogP contribution in [0.5, 0.6) is 0 Å². The Morgan fingerprint density at radius 2 is 1.96 bits per heavy atom. The molecule has 0 aliphatic carbocycles. The number of carbonyl (C=O) groups excluding carboxylic acids is 1. The average Bonchev–Trinajstić information content (AvgIpc) is 3.01. The van der Waals surface area contributed by atoms with E-state index in [1.165, 1.54) is 0 Å². The van der Waals surface area contributed by atoms with E-state index >= 15 is 0 Å². The van der Waals surface area contributed by atoms with Crippen LogP contribution in [0.4, 0.5) is 0 Å². The van der Waals surface area contributed by atoms with Crippen LogP contribution in [0.1, 0.15) is 39.5 Å². The summed E-state index contributed by atoms with van der Waals surface area (Å²) in [7, 11) is 0. The number of aryl methyl sites for hydroxylation is 2. The second-order valence-electron chi connectivity index (χ2n) is 6.34. The summed E-state index contributed by atoms with van der Waals surface area (Å²) < 4.78 is 5.53. The van der Waals surface area contributed by atoms with Gasteiger partial charge in [0.15, 0.2) is 0 Å². The SMILES string of the molecule is Cc1nnsc1C(=O)N1CCC(Cn2cnc(C)c(C)c2=O)CC1. The fraction of sp³-hybridized carbons (Fsp3) is 0.562. The molecule has 3 rings (SSSR count). The minimum atomic E-state index is 0.0194. The van der Waals surface area contributed by atoms with Crippen molar-refractivity contribution in [3.63, 3.8) is 0 Å². The Labute approximate surface area is 144 Å². The Morgan fingerprint density at radius 1 is 1.25 bits per heavy atom. The zero-order chi connectivity index (χ0) is 17.3. The standard InChI is InChI=1S/C16H21N5O2S/c1-10-11(2)17-9-21(15(10)22)8-13-4-6-20(7-5-13)16(23)14-12(3)18-19-24-14/h9,13H,4-8H2,1-3H3. The van der Waals surface area contributed by atoms with E-state index in [1.807, 2.05) is 25.7 Å². The molecular formula is C16H21N5O2S. The van der Waals surface area contributed by atoms with E-state index in [1.54, 1.807) is 10.9 Å². The first-order valence-corrected chi connectivity index (χ1v) is 8.85. The van der Waals surface area contributed by atoms with E-state index in [0.717, 1.165) is 30.1 Å². The van der Waals surface area contributed by atoms with E-state index < -0.39 is 0 Å². The molecule has 0 radical (unpaired) electrons. The third-order valence-corrected chi connectivity index (χ3v) is 5.53. The van der Waals surface area contributed by atoms with Crippen LogP contribution in [-0.2, 0) is 6.54 Å².